The van der Waals surface area contributed by atoms with E-state index in [0.29, 0.717) is 23.9 Å². The first-order valence-corrected chi connectivity index (χ1v) is 5.67. The molecule has 2 aliphatic rings. The summed E-state index contributed by atoms with van der Waals surface area (Å²) in [5.74, 6) is 2.50. The molecule has 0 aliphatic carbocycles. The topological polar surface area (TPSA) is 27.6 Å². The number of aliphatic imine (C=N–C) groups is 1. The maximum Gasteiger partial charge on any atom is 0.194 e. The van der Waals surface area contributed by atoms with Crippen molar-refractivity contribution in [2.24, 2.45) is 16.8 Å². The Kier molecular flexibility index (Phi) is 2.41. The molecule has 1 N–H and O–H groups in total. The van der Waals surface area contributed by atoms with Crippen molar-refractivity contribution in [2.75, 3.05) is 13.1 Å². The summed E-state index contributed by atoms with van der Waals surface area (Å²) in [7, 11) is 0. The number of fused-ring (bicyclic) bond motifs is 1. The van der Waals surface area contributed by atoms with Gasteiger partial charge in [0.1, 0.15) is 0 Å². The fourth-order valence-electron chi connectivity index (χ4n) is 2.07. The van der Waals surface area contributed by atoms with Crippen molar-refractivity contribution in [3.05, 3.63) is 0 Å². The molecule has 0 aromatic heterocycles. The van der Waals surface area contributed by atoms with E-state index in [0.717, 1.165) is 19.0 Å². The van der Waals surface area contributed by atoms with E-state index in [4.69, 9.17) is 4.99 Å². The van der Waals surface area contributed by atoms with Gasteiger partial charge in [-0.05, 0) is 11.8 Å². The van der Waals surface area contributed by atoms with Crippen LogP contribution in [0.1, 0.15) is 27.7 Å². The summed E-state index contributed by atoms with van der Waals surface area (Å²) in [5, 5.41) is 3.51. The molecule has 0 aromatic rings. The molecule has 0 saturated carbocycles. The molecule has 0 amide bonds. The highest BCUT2D eigenvalue weighted by molar-refractivity contribution is 5.84. The number of nitrogens with one attached hydrogen (secondary N) is 1. The molecule has 1 saturated heterocycles. The van der Waals surface area contributed by atoms with Crippen molar-refractivity contribution in [3.63, 3.8) is 0 Å². The maximum absolute atomic E-state index is 4.71. The average molecular weight is 195 g/mol. The minimum Gasteiger partial charge on any atom is -0.351 e. The van der Waals surface area contributed by atoms with Gasteiger partial charge in [-0.3, -0.25) is 0 Å². The van der Waals surface area contributed by atoms with Gasteiger partial charge in [-0.1, -0.05) is 27.7 Å². The zero-order chi connectivity index (χ0) is 10.3. The lowest BCUT2D eigenvalue weighted by atomic mass is 10.0. The third-order valence-corrected chi connectivity index (χ3v) is 3.30. The van der Waals surface area contributed by atoms with Crippen molar-refractivity contribution in [1.29, 1.82) is 0 Å². The van der Waals surface area contributed by atoms with E-state index in [-0.39, 0.29) is 0 Å². The van der Waals surface area contributed by atoms with Gasteiger partial charge in [-0.25, -0.2) is 4.99 Å². The zero-order valence-corrected chi connectivity index (χ0v) is 9.62. The highest BCUT2D eigenvalue weighted by Gasteiger charge is 2.35. The van der Waals surface area contributed by atoms with Gasteiger partial charge in [-0.2, -0.15) is 0 Å². The summed E-state index contributed by atoms with van der Waals surface area (Å²) < 4.78 is 0. The molecule has 2 aliphatic heterocycles. The van der Waals surface area contributed by atoms with Gasteiger partial charge in [0.15, 0.2) is 5.96 Å². The first kappa shape index (κ1) is 9.81. The van der Waals surface area contributed by atoms with Crippen LogP contribution in [0.25, 0.3) is 0 Å². The van der Waals surface area contributed by atoms with Crippen LogP contribution >= 0.6 is 0 Å². The first-order chi connectivity index (χ1) is 6.58. The molecule has 80 valence electrons. The summed E-state index contributed by atoms with van der Waals surface area (Å²) in [6.45, 7) is 11.3. The normalized spacial score (nSPS) is 31.0. The number of hydrogen-bond donors (Lipinski definition) is 1. The number of rotatable bonds is 2. The minimum absolute atomic E-state index is 0.505. The highest BCUT2D eigenvalue weighted by Crippen LogP contribution is 2.21. The van der Waals surface area contributed by atoms with Gasteiger partial charge in [0, 0.05) is 19.1 Å². The van der Waals surface area contributed by atoms with Crippen LogP contribution < -0.4 is 5.32 Å². The molecule has 3 nitrogen and oxygen atoms in total. The number of hydrogen-bond acceptors (Lipinski definition) is 3. The second-order valence-electron chi connectivity index (χ2n) is 5.16. The van der Waals surface area contributed by atoms with Crippen LogP contribution in [-0.4, -0.2) is 36.0 Å². The molecule has 2 atom stereocenters. The predicted molar refractivity (Wildman–Crippen MR) is 59.4 cm³/mol. The van der Waals surface area contributed by atoms with Crippen LogP contribution in [0.4, 0.5) is 0 Å². The van der Waals surface area contributed by atoms with Crippen molar-refractivity contribution in [1.82, 2.24) is 10.2 Å². The van der Waals surface area contributed by atoms with E-state index < -0.39 is 0 Å². The molecule has 0 radical (unpaired) electrons. The first-order valence-electron chi connectivity index (χ1n) is 5.67. The van der Waals surface area contributed by atoms with E-state index in [1.165, 1.54) is 0 Å². The second-order valence-corrected chi connectivity index (χ2v) is 5.16. The lowest BCUT2D eigenvalue weighted by Crippen LogP contribution is -2.32. The molecular formula is C11H21N3. The molecule has 2 rings (SSSR count). The van der Waals surface area contributed by atoms with Gasteiger partial charge in [0.25, 0.3) is 0 Å². The lowest BCUT2D eigenvalue weighted by Gasteiger charge is -2.18. The molecule has 0 bridgehead atoms. The molecule has 0 spiro atoms. The third-order valence-electron chi connectivity index (χ3n) is 3.30. The largest absolute Gasteiger partial charge is 0.351 e. The Hall–Kier alpha value is -0.730. The molecule has 1 fully saturated rings. The highest BCUT2D eigenvalue weighted by atomic mass is 15.4. The van der Waals surface area contributed by atoms with Gasteiger partial charge in [-0.15, -0.1) is 0 Å². The van der Waals surface area contributed by atoms with Crippen LogP contribution in [-0.2, 0) is 0 Å². The van der Waals surface area contributed by atoms with Gasteiger partial charge in [0.05, 0.1) is 6.04 Å². The fraction of sp³-hybridized carbons (Fsp3) is 0.909. The van der Waals surface area contributed by atoms with E-state index in [9.17, 15) is 0 Å². The van der Waals surface area contributed by atoms with E-state index in [2.05, 4.69) is 37.9 Å². The van der Waals surface area contributed by atoms with Gasteiger partial charge in [0.2, 0.25) is 0 Å². The zero-order valence-electron chi connectivity index (χ0n) is 9.62. The SMILES string of the molecule is CC(C)C1CN2CC(C(C)C)NC2=N1. The molecular weight excluding hydrogens is 174 g/mol. The maximum atomic E-state index is 4.71. The smallest absolute Gasteiger partial charge is 0.194 e. The monoisotopic (exact) mass is 195 g/mol. The quantitative estimate of drug-likeness (QED) is 0.719. The summed E-state index contributed by atoms with van der Waals surface area (Å²) in [5.41, 5.74) is 0. The summed E-state index contributed by atoms with van der Waals surface area (Å²) >= 11 is 0. The Bertz CT molecular complexity index is 245. The van der Waals surface area contributed by atoms with E-state index >= 15 is 0 Å². The summed E-state index contributed by atoms with van der Waals surface area (Å²) in [6.07, 6.45) is 0. The summed E-state index contributed by atoms with van der Waals surface area (Å²) in [6, 6.07) is 1.10. The van der Waals surface area contributed by atoms with Crippen LogP contribution in [0.15, 0.2) is 4.99 Å². The Morgan fingerprint density at radius 3 is 2.43 bits per heavy atom. The predicted octanol–water partition coefficient (Wildman–Crippen LogP) is 1.31. The Morgan fingerprint density at radius 2 is 1.93 bits per heavy atom. The Morgan fingerprint density at radius 1 is 1.21 bits per heavy atom. The Labute approximate surface area is 86.6 Å². The molecule has 2 heterocycles. The standard InChI is InChI=1S/C11H21N3/c1-7(2)9-5-14-6-10(8(3)4)13-11(14)12-9/h7-10H,5-6H2,1-4H3,(H,12,13). The third kappa shape index (κ3) is 1.60. The molecule has 2 unspecified atom stereocenters. The molecule has 0 aromatic carbocycles. The van der Waals surface area contributed by atoms with Gasteiger partial charge >= 0.3 is 0 Å². The fourth-order valence-corrected chi connectivity index (χ4v) is 2.07. The van der Waals surface area contributed by atoms with Crippen LogP contribution in [0, 0.1) is 11.8 Å². The lowest BCUT2D eigenvalue weighted by molar-refractivity contribution is 0.357. The van der Waals surface area contributed by atoms with E-state index in [1.54, 1.807) is 0 Å². The van der Waals surface area contributed by atoms with Crippen molar-refractivity contribution in [2.45, 2.75) is 39.8 Å². The van der Waals surface area contributed by atoms with Crippen molar-refractivity contribution < 1.29 is 0 Å². The Balaban J connectivity index is 2.01. The number of guanidine groups is 1. The molecule has 14 heavy (non-hydrogen) atoms. The van der Waals surface area contributed by atoms with Crippen LogP contribution in [0.2, 0.25) is 0 Å². The summed E-state index contributed by atoms with van der Waals surface area (Å²) in [4.78, 5) is 7.11. The molecule has 3 heteroatoms. The van der Waals surface area contributed by atoms with E-state index in [1.807, 2.05) is 0 Å². The van der Waals surface area contributed by atoms with Crippen molar-refractivity contribution >= 4 is 5.96 Å². The number of nitrogens with zero attached hydrogens (tertiary/aromatic N) is 2. The van der Waals surface area contributed by atoms with Crippen LogP contribution in [0.5, 0.6) is 0 Å². The van der Waals surface area contributed by atoms with Crippen molar-refractivity contribution in [3.8, 4) is 0 Å². The average Bonchev–Trinajstić information content (AvgIpc) is 2.57. The minimum atomic E-state index is 0.505. The van der Waals surface area contributed by atoms with Gasteiger partial charge < -0.3 is 10.2 Å². The van der Waals surface area contributed by atoms with Crippen LogP contribution in [0.3, 0.4) is 0 Å². The second kappa shape index (κ2) is 3.44.